The summed E-state index contributed by atoms with van der Waals surface area (Å²) in [4.78, 5) is 4.35. The van der Waals surface area contributed by atoms with E-state index in [9.17, 15) is 0 Å². The molecule has 0 saturated heterocycles. The molecule has 1 saturated carbocycles. The minimum absolute atomic E-state index is 0.911. The van der Waals surface area contributed by atoms with Gasteiger partial charge in [0, 0.05) is 11.9 Å². The molecule has 0 atom stereocenters. The fourth-order valence-corrected chi connectivity index (χ4v) is 2.06. The number of hydrogen-bond acceptors (Lipinski definition) is 3. The molecule has 0 aromatic carbocycles. The van der Waals surface area contributed by atoms with E-state index in [0.717, 1.165) is 23.3 Å². The second kappa shape index (κ2) is 3.44. The second-order valence-electron chi connectivity index (χ2n) is 3.47. The quantitative estimate of drug-likeness (QED) is 0.777. The highest BCUT2D eigenvalue weighted by molar-refractivity contribution is 7.13. The lowest BCUT2D eigenvalue weighted by Gasteiger charge is -2.25. The zero-order valence-corrected chi connectivity index (χ0v) is 8.16. The van der Waals surface area contributed by atoms with Crippen LogP contribution in [0.15, 0.2) is 5.38 Å². The Morgan fingerprint density at radius 3 is 3.00 bits per heavy atom. The largest absolute Gasteiger partial charge is 0.361 e. The van der Waals surface area contributed by atoms with E-state index in [4.69, 9.17) is 0 Å². The van der Waals surface area contributed by atoms with Crippen LogP contribution in [-0.4, -0.2) is 11.5 Å². The lowest BCUT2D eigenvalue weighted by molar-refractivity contribution is 0.333. The molecule has 1 aliphatic carbocycles. The third kappa shape index (κ3) is 1.78. The molecule has 3 heteroatoms. The standard InChI is InChI=1S/C9H14N2S/c1-7-6-12-9(11-7)10-5-8-3-2-4-8/h6,8H,2-5H2,1H3,(H,10,11). The molecule has 1 aromatic heterocycles. The van der Waals surface area contributed by atoms with Crippen LogP contribution in [-0.2, 0) is 0 Å². The van der Waals surface area contributed by atoms with Crippen LogP contribution in [0.25, 0.3) is 0 Å². The summed E-state index contributed by atoms with van der Waals surface area (Å²) < 4.78 is 0. The van der Waals surface area contributed by atoms with Gasteiger partial charge in [-0.15, -0.1) is 11.3 Å². The molecule has 66 valence electrons. The average molecular weight is 182 g/mol. The predicted octanol–water partition coefficient (Wildman–Crippen LogP) is 2.66. The Labute approximate surface area is 77.0 Å². The van der Waals surface area contributed by atoms with Gasteiger partial charge in [0.05, 0.1) is 5.69 Å². The van der Waals surface area contributed by atoms with Crippen molar-refractivity contribution in [2.75, 3.05) is 11.9 Å². The highest BCUT2D eigenvalue weighted by Crippen LogP contribution is 2.26. The minimum Gasteiger partial charge on any atom is -0.361 e. The maximum absolute atomic E-state index is 4.35. The topological polar surface area (TPSA) is 24.9 Å². The van der Waals surface area contributed by atoms with Crippen LogP contribution in [0.5, 0.6) is 0 Å². The molecular weight excluding hydrogens is 168 g/mol. The van der Waals surface area contributed by atoms with Crippen molar-refractivity contribution >= 4 is 16.5 Å². The highest BCUT2D eigenvalue weighted by atomic mass is 32.1. The zero-order valence-electron chi connectivity index (χ0n) is 7.34. The van der Waals surface area contributed by atoms with Gasteiger partial charge in [0.1, 0.15) is 0 Å². The van der Waals surface area contributed by atoms with Gasteiger partial charge in [-0.3, -0.25) is 0 Å². The molecule has 1 aliphatic rings. The summed E-state index contributed by atoms with van der Waals surface area (Å²) in [5.41, 5.74) is 1.12. The number of aryl methyl sites for hydroxylation is 1. The first-order valence-electron chi connectivity index (χ1n) is 4.50. The molecule has 1 N–H and O–H groups in total. The van der Waals surface area contributed by atoms with Gasteiger partial charge in [0.25, 0.3) is 0 Å². The van der Waals surface area contributed by atoms with Crippen molar-refractivity contribution in [3.8, 4) is 0 Å². The van der Waals surface area contributed by atoms with Crippen molar-refractivity contribution in [1.29, 1.82) is 0 Å². The molecule has 0 bridgehead atoms. The first-order valence-corrected chi connectivity index (χ1v) is 5.38. The number of aromatic nitrogens is 1. The summed E-state index contributed by atoms with van der Waals surface area (Å²) in [6.45, 7) is 3.15. The molecule has 1 fully saturated rings. The summed E-state index contributed by atoms with van der Waals surface area (Å²) in [6.07, 6.45) is 4.22. The van der Waals surface area contributed by atoms with E-state index in [1.54, 1.807) is 11.3 Å². The summed E-state index contributed by atoms with van der Waals surface area (Å²) in [5, 5.41) is 6.54. The van der Waals surface area contributed by atoms with E-state index in [2.05, 4.69) is 15.7 Å². The summed E-state index contributed by atoms with van der Waals surface area (Å²) in [7, 11) is 0. The number of thiazole rings is 1. The summed E-state index contributed by atoms with van der Waals surface area (Å²) in [6, 6.07) is 0. The fraction of sp³-hybridized carbons (Fsp3) is 0.667. The Hall–Kier alpha value is -0.570. The third-order valence-corrected chi connectivity index (χ3v) is 3.30. The molecule has 1 aromatic rings. The molecule has 0 radical (unpaired) electrons. The number of hydrogen-bond donors (Lipinski definition) is 1. The number of anilines is 1. The molecule has 0 unspecified atom stereocenters. The predicted molar refractivity (Wildman–Crippen MR) is 52.7 cm³/mol. The van der Waals surface area contributed by atoms with Crippen LogP contribution in [0.3, 0.4) is 0 Å². The van der Waals surface area contributed by atoms with Crippen molar-refractivity contribution in [3.63, 3.8) is 0 Å². The second-order valence-corrected chi connectivity index (χ2v) is 4.33. The van der Waals surface area contributed by atoms with Gasteiger partial charge in [0.2, 0.25) is 0 Å². The Morgan fingerprint density at radius 2 is 2.50 bits per heavy atom. The Kier molecular flexibility index (Phi) is 2.30. The lowest BCUT2D eigenvalue weighted by Crippen LogP contribution is -2.20. The van der Waals surface area contributed by atoms with E-state index in [-0.39, 0.29) is 0 Å². The molecule has 0 amide bonds. The Bertz CT molecular complexity index is 253. The molecular formula is C9H14N2S. The van der Waals surface area contributed by atoms with E-state index in [1.807, 2.05) is 6.92 Å². The smallest absolute Gasteiger partial charge is 0.182 e. The fourth-order valence-electron chi connectivity index (χ4n) is 1.36. The van der Waals surface area contributed by atoms with Gasteiger partial charge in [-0.25, -0.2) is 4.98 Å². The van der Waals surface area contributed by atoms with Gasteiger partial charge >= 0.3 is 0 Å². The molecule has 1 heterocycles. The maximum Gasteiger partial charge on any atom is 0.182 e. The summed E-state index contributed by atoms with van der Waals surface area (Å²) >= 11 is 1.70. The van der Waals surface area contributed by atoms with E-state index < -0.39 is 0 Å². The minimum atomic E-state index is 0.911. The van der Waals surface area contributed by atoms with Crippen molar-refractivity contribution in [2.24, 2.45) is 5.92 Å². The zero-order chi connectivity index (χ0) is 8.39. The van der Waals surface area contributed by atoms with E-state index in [0.29, 0.717) is 0 Å². The van der Waals surface area contributed by atoms with Crippen molar-refractivity contribution < 1.29 is 0 Å². The monoisotopic (exact) mass is 182 g/mol. The normalized spacial score (nSPS) is 17.4. The van der Waals surface area contributed by atoms with Gasteiger partial charge < -0.3 is 5.32 Å². The van der Waals surface area contributed by atoms with Crippen molar-refractivity contribution in [2.45, 2.75) is 26.2 Å². The average Bonchev–Trinajstić information content (AvgIpc) is 2.32. The van der Waals surface area contributed by atoms with E-state index >= 15 is 0 Å². The van der Waals surface area contributed by atoms with Gasteiger partial charge in [-0.2, -0.15) is 0 Å². The van der Waals surface area contributed by atoms with Gasteiger partial charge in [0.15, 0.2) is 5.13 Å². The van der Waals surface area contributed by atoms with Crippen LogP contribution in [0.1, 0.15) is 25.0 Å². The van der Waals surface area contributed by atoms with Crippen LogP contribution in [0.4, 0.5) is 5.13 Å². The lowest BCUT2D eigenvalue weighted by atomic mass is 9.86. The Balaban J connectivity index is 1.79. The van der Waals surface area contributed by atoms with Crippen LogP contribution in [0, 0.1) is 12.8 Å². The molecule has 0 spiro atoms. The van der Waals surface area contributed by atoms with Crippen LogP contribution in [0.2, 0.25) is 0 Å². The number of nitrogens with zero attached hydrogens (tertiary/aromatic N) is 1. The highest BCUT2D eigenvalue weighted by Gasteiger charge is 2.16. The van der Waals surface area contributed by atoms with Crippen LogP contribution < -0.4 is 5.32 Å². The maximum atomic E-state index is 4.35. The molecule has 2 rings (SSSR count). The van der Waals surface area contributed by atoms with Crippen molar-refractivity contribution in [3.05, 3.63) is 11.1 Å². The van der Waals surface area contributed by atoms with Gasteiger partial charge in [-0.1, -0.05) is 6.42 Å². The first kappa shape index (κ1) is 8.05. The van der Waals surface area contributed by atoms with Crippen molar-refractivity contribution in [1.82, 2.24) is 4.98 Å². The SMILES string of the molecule is Cc1csc(NCC2CCC2)n1. The van der Waals surface area contributed by atoms with E-state index in [1.165, 1.54) is 19.3 Å². The molecule has 12 heavy (non-hydrogen) atoms. The third-order valence-electron chi connectivity index (χ3n) is 2.39. The van der Waals surface area contributed by atoms with Gasteiger partial charge in [-0.05, 0) is 25.7 Å². The number of rotatable bonds is 3. The molecule has 0 aliphatic heterocycles. The number of nitrogens with one attached hydrogen (secondary N) is 1. The first-order chi connectivity index (χ1) is 5.84. The molecule has 2 nitrogen and oxygen atoms in total. The Morgan fingerprint density at radius 1 is 1.67 bits per heavy atom. The summed E-state index contributed by atoms with van der Waals surface area (Å²) in [5.74, 6) is 0.911. The van der Waals surface area contributed by atoms with Crippen LogP contribution >= 0.6 is 11.3 Å².